The first kappa shape index (κ1) is 13.5. The summed E-state index contributed by atoms with van der Waals surface area (Å²) in [4.78, 5) is 15.7. The molecule has 0 spiro atoms. The van der Waals surface area contributed by atoms with Crippen molar-refractivity contribution in [1.29, 1.82) is 0 Å². The molecule has 100 valence electrons. The van der Waals surface area contributed by atoms with Crippen molar-refractivity contribution in [2.45, 2.75) is 6.42 Å². The highest BCUT2D eigenvalue weighted by molar-refractivity contribution is 9.10. The van der Waals surface area contributed by atoms with E-state index < -0.39 is 5.82 Å². The fraction of sp³-hybridized carbons (Fsp3) is 0.182. The van der Waals surface area contributed by atoms with Crippen molar-refractivity contribution in [1.82, 2.24) is 15.5 Å². The van der Waals surface area contributed by atoms with Gasteiger partial charge in [0.15, 0.2) is 5.82 Å². The second-order valence-electron chi connectivity index (χ2n) is 3.71. The zero-order valence-corrected chi connectivity index (χ0v) is 11.3. The number of halogens is 2. The van der Waals surface area contributed by atoms with Gasteiger partial charge in [-0.15, -0.1) is 0 Å². The van der Waals surface area contributed by atoms with Crippen molar-refractivity contribution >= 4 is 27.5 Å². The molecular weight excluding hydrogens is 319 g/mol. The van der Waals surface area contributed by atoms with Crippen LogP contribution in [0.5, 0.6) is 0 Å². The number of nitrogens with one attached hydrogen (secondary N) is 1. The minimum absolute atomic E-state index is 0.0773. The summed E-state index contributed by atoms with van der Waals surface area (Å²) in [5.41, 5.74) is 5.62. The van der Waals surface area contributed by atoms with Crippen LogP contribution < -0.4 is 11.1 Å². The van der Waals surface area contributed by atoms with Gasteiger partial charge in [-0.1, -0.05) is 5.16 Å². The zero-order valence-electron chi connectivity index (χ0n) is 9.69. The third-order valence-corrected chi connectivity index (χ3v) is 3.03. The Kier molecular flexibility index (Phi) is 4.10. The third-order valence-electron chi connectivity index (χ3n) is 2.37. The van der Waals surface area contributed by atoms with Crippen molar-refractivity contribution in [2.75, 3.05) is 12.3 Å². The minimum Gasteiger partial charge on any atom is -0.396 e. The van der Waals surface area contributed by atoms with Crippen LogP contribution in [0, 0.1) is 5.82 Å². The van der Waals surface area contributed by atoms with Gasteiger partial charge in [-0.05, 0) is 28.1 Å². The number of rotatable bonds is 4. The van der Waals surface area contributed by atoms with Crippen LogP contribution >= 0.6 is 15.9 Å². The molecule has 0 aliphatic heterocycles. The number of carbonyl (C=O) groups is 1. The zero-order chi connectivity index (χ0) is 13.8. The van der Waals surface area contributed by atoms with E-state index in [1.165, 1.54) is 12.5 Å². The molecule has 0 bridgehead atoms. The lowest BCUT2D eigenvalue weighted by Crippen LogP contribution is -2.26. The van der Waals surface area contributed by atoms with Crippen LogP contribution in [0.2, 0.25) is 0 Å². The summed E-state index contributed by atoms with van der Waals surface area (Å²) in [6, 6.07) is 2.44. The van der Waals surface area contributed by atoms with Gasteiger partial charge in [0.2, 0.25) is 6.39 Å². The average molecular weight is 329 g/mol. The van der Waals surface area contributed by atoms with E-state index in [9.17, 15) is 9.18 Å². The van der Waals surface area contributed by atoms with E-state index in [2.05, 4.69) is 35.9 Å². The molecule has 1 amide bonds. The van der Waals surface area contributed by atoms with Gasteiger partial charge in [-0.3, -0.25) is 4.79 Å². The summed E-state index contributed by atoms with van der Waals surface area (Å²) < 4.78 is 18.1. The summed E-state index contributed by atoms with van der Waals surface area (Å²) in [5, 5.41) is 6.27. The van der Waals surface area contributed by atoms with Crippen LogP contribution in [0.4, 0.5) is 10.1 Å². The first-order chi connectivity index (χ1) is 9.08. The highest BCUT2D eigenvalue weighted by Gasteiger charge is 2.13. The molecule has 0 unspecified atom stereocenters. The summed E-state index contributed by atoms with van der Waals surface area (Å²) in [7, 11) is 0. The summed E-state index contributed by atoms with van der Waals surface area (Å²) in [5.74, 6) is -0.435. The van der Waals surface area contributed by atoms with Crippen molar-refractivity contribution in [3.05, 3.63) is 40.2 Å². The van der Waals surface area contributed by atoms with Gasteiger partial charge in [0.05, 0.1) is 11.3 Å². The molecular formula is C11H10BrFN4O2. The molecule has 0 fully saturated rings. The van der Waals surface area contributed by atoms with Crippen LogP contribution in [0.3, 0.4) is 0 Å². The van der Waals surface area contributed by atoms with Gasteiger partial charge in [0, 0.05) is 17.4 Å². The number of hydrogen-bond donors (Lipinski definition) is 2. The average Bonchev–Trinajstić information content (AvgIpc) is 2.86. The lowest BCUT2D eigenvalue weighted by Gasteiger charge is -2.07. The molecule has 0 radical (unpaired) electrons. The lowest BCUT2D eigenvalue weighted by molar-refractivity contribution is 0.0953. The smallest absolute Gasteiger partial charge is 0.252 e. The molecule has 0 saturated carbocycles. The second kappa shape index (κ2) is 5.79. The van der Waals surface area contributed by atoms with E-state index in [0.717, 1.165) is 6.07 Å². The fourth-order valence-corrected chi connectivity index (χ4v) is 1.92. The number of hydrogen-bond acceptors (Lipinski definition) is 5. The van der Waals surface area contributed by atoms with Crippen LogP contribution in [0.25, 0.3) is 0 Å². The molecule has 1 aromatic heterocycles. The maximum absolute atomic E-state index is 13.1. The number of anilines is 1. The number of nitrogens with zero attached hydrogens (tertiary/aromatic N) is 2. The third kappa shape index (κ3) is 3.28. The molecule has 2 aromatic rings. The molecule has 0 saturated heterocycles. The number of amides is 1. The summed E-state index contributed by atoms with van der Waals surface area (Å²) >= 11 is 3.12. The Morgan fingerprint density at radius 1 is 1.53 bits per heavy atom. The predicted molar refractivity (Wildman–Crippen MR) is 68.8 cm³/mol. The fourth-order valence-electron chi connectivity index (χ4n) is 1.43. The largest absolute Gasteiger partial charge is 0.396 e. The van der Waals surface area contributed by atoms with Gasteiger partial charge in [0.1, 0.15) is 5.82 Å². The Morgan fingerprint density at radius 2 is 2.32 bits per heavy atom. The van der Waals surface area contributed by atoms with Crippen molar-refractivity contribution in [2.24, 2.45) is 0 Å². The molecule has 3 N–H and O–H groups in total. The van der Waals surface area contributed by atoms with E-state index >= 15 is 0 Å². The molecule has 1 aromatic carbocycles. The van der Waals surface area contributed by atoms with E-state index in [0.29, 0.717) is 23.3 Å². The molecule has 0 atom stereocenters. The summed E-state index contributed by atoms with van der Waals surface area (Å²) in [6.45, 7) is 0.335. The standard InChI is InChI=1S/C11H10BrFN4O2/c12-7-4-8(13)9(14)3-6(7)11(18)15-2-1-10-16-5-19-17-10/h3-5H,1-2,14H2,(H,15,18). The van der Waals surface area contributed by atoms with Crippen molar-refractivity contribution in [3.8, 4) is 0 Å². The molecule has 19 heavy (non-hydrogen) atoms. The minimum atomic E-state index is -0.574. The topological polar surface area (TPSA) is 94.0 Å². The second-order valence-corrected chi connectivity index (χ2v) is 4.56. The van der Waals surface area contributed by atoms with E-state index in [1.807, 2.05) is 0 Å². The Hall–Kier alpha value is -1.96. The maximum atomic E-state index is 13.1. The first-order valence-electron chi connectivity index (χ1n) is 5.36. The normalized spacial score (nSPS) is 10.4. The summed E-state index contributed by atoms with van der Waals surface area (Å²) in [6.07, 6.45) is 1.66. The van der Waals surface area contributed by atoms with Gasteiger partial charge in [-0.2, -0.15) is 4.98 Å². The highest BCUT2D eigenvalue weighted by Crippen LogP contribution is 2.22. The van der Waals surface area contributed by atoms with E-state index in [4.69, 9.17) is 5.73 Å². The quantitative estimate of drug-likeness (QED) is 0.830. The number of benzene rings is 1. The monoisotopic (exact) mass is 328 g/mol. The number of aromatic nitrogens is 2. The van der Waals surface area contributed by atoms with Gasteiger partial charge in [-0.25, -0.2) is 4.39 Å². The van der Waals surface area contributed by atoms with Crippen LogP contribution in [-0.2, 0) is 6.42 Å². The molecule has 2 rings (SSSR count). The lowest BCUT2D eigenvalue weighted by atomic mass is 10.2. The highest BCUT2D eigenvalue weighted by atomic mass is 79.9. The van der Waals surface area contributed by atoms with Crippen LogP contribution in [0.1, 0.15) is 16.2 Å². The van der Waals surface area contributed by atoms with Gasteiger partial charge >= 0.3 is 0 Å². The Bertz CT molecular complexity index is 589. The van der Waals surface area contributed by atoms with Crippen LogP contribution in [-0.4, -0.2) is 22.6 Å². The number of carbonyl (C=O) groups excluding carboxylic acids is 1. The van der Waals surface area contributed by atoms with E-state index in [-0.39, 0.29) is 17.2 Å². The Labute approximate surface area is 116 Å². The van der Waals surface area contributed by atoms with Crippen molar-refractivity contribution < 1.29 is 13.7 Å². The number of nitrogen functional groups attached to an aromatic ring is 1. The van der Waals surface area contributed by atoms with Gasteiger partial charge < -0.3 is 15.6 Å². The van der Waals surface area contributed by atoms with Crippen molar-refractivity contribution in [3.63, 3.8) is 0 Å². The molecule has 0 aliphatic rings. The first-order valence-corrected chi connectivity index (χ1v) is 6.15. The Morgan fingerprint density at radius 3 is 3.00 bits per heavy atom. The van der Waals surface area contributed by atoms with E-state index in [1.54, 1.807) is 0 Å². The molecule has 8 heteroatoms. The predicted octanol–water partition coefficient (Wildman–Crippen LogP) is 1.53. The maximum Gasteiger partial charge on any atom is 0.252 e. The van der Waals surface area contributed by atoms with Gasteiger partial charge in [0.25, 0.3) is 5.91 Å². The van der Waals surface area contributed by atoms with Crippen LogP contribution in [0.15, 0.2) is 27.5 Å². The SMILES string of the molecule is Nc1cc(C(=O)NCCc2ncon2)c(Br)cc1F. The molecule has 0 aliphatic carbocycles. The Balaban J connectivity index is 1.98. The number of nitrogens with two attached hydrogens (primary N) is 1. The molecule has 6 nitrogen and oxygen atoms in total. The molecule has 1 heterocycles.